The van der Waals surface area contributed by atoms with Crippen LogP contribution in [0.15, 0.2) is 22.9 Å². The Morgan fingerprint density at radius 1 is 1.05 bits per heavy atom. The van der Waals surface area contributed by atoms with Crippen molar-refractivity contribution in [2.45, 2.75) is 20.0 Å². The van der Waals surface area contributed by atoms with E-state index in [-0.39, 0.29) is 10.8 Å². The molecule has 0 atom stereocenters. The molecular formula is C14H10F3N3S2. The zero-order valence-corrected chi connectivity index (χ0v) is 13.2. The average molecular weight is 341 g/mol. The minimum Gasteiger partial charge on any atom is -0.231 e. The van der Waals surface area contributed by atoms with Crippen molar-refractivity contribution in [2.24, 2.45) is 0 Å². The summed E-state index contributed by atoms with van der Waals surface area (Å²) < 4.78 is 38.0. The fraction of sp³-hybridized carbons (Fsp3) is 0.214. The number of thiophene rings is 1. The molecule has 0 unspecified atom stereocenters. The van der Waals surface area contributed by atoms with Crippen LogP contribution < -0.4 is 0 Å². The van der Waals surface area contributed by atoms with E-state index in [1.807, 2.05) is 24.4 Å². The van der Waals surface area contributed by atoms with E-state index in [1.54, 1.807) is 6.92 Å². The van der Waals surface area contributed by atoms with Gasteiger partial charge in [-0.15, -0.1) is 22.7 Å². The molecule has 3 heterocycles. The maximum absolute atomic E-state index is 12.7. The monoisotopic (exact) mass is 341 g/mol. The molecule has 0 amide bonds. The molecule has 0 aliphatic rings. The number of alkyl halides is 3. The van der Waals surface area contributed by atoms with Crippen LogP contribution >= 0.6 is 22.7 Å². The van der Waals surface area contributed by atoms with Crippen molar-refractivity contribution in [3.05, 3.63) is 39.8 Å². The first-order valence-corrected chi connectivity index (χ1v) is 8.04. The van der Waals surface area contributed by atoms with E-state index in [0.717, 1.165) is 27.2 Å². The third-order valence-electron chi connectivity index (χ3n) is 2.93. The second kappa shape index (κ2) is 5.44. The zero-order chi connectivity index (χ0) is 15.9. The van der Waals surface area contributed by atoms with Gasteiger partial charge in [0, 0.05) is 11.1 Å². The maximum Gasteiger partial charge on any atom is 0.434 e. The van der Waals surface area contributed by atoms with Crippen LogP contribution in [0.5, 0.6) is 0 Å². The van der Waals surface area contributed by atoms with Crippen LogP contribution in [-0.4, -0.2) is 15.0 Å². The normalized spacial score (nSPS) is 11.9. The summed E-state index contributed by atoms with van der Waals surface area (Å²) in [4.78, 5) is 13.2. The largest absolute Gasteiger partial charge is 0.434 e. The van der Waals surface area contributed by atoms with E-state index in [9.17, 15) is 13.2 Å². The molecule has 114 valence electrons. The lowest BCUT2D eigenvalue weighted by Gasteiger charge is -2.04. The number of nitrogens with zero attached hydrogens (tertiary/aromatic N) is 3. The van der Waals surface area contributed by atoms with Gasteiger partial charge in [-0.1, -0.05) is 0 Å². The molecule has 0 spiro atoms. The Hall–Kier alpha value is -1.80. The van der Waals surface area contributed by atoms with E-state index in [4.69, 9.17) is 0 Å². The van der Waals surface area contributed by atoms with Gasteiger partial charge < -0.3 is 0 Å². The van der Waals surface area contributed by atoms with Gasteiger partial charge in [0.15, 0.2) is 16.5 Å². The number of hydrogen-bond acceptors (Lipinski definition) is 5. The molecule has 8 heteroatoms. The van der Waals surface area contributed by atoms with Crippen LogP contribution in [0, 0.1) is 13.8 Å². The molecule has 0 saturated carbocycles. The zero-order valence-electron chi connectivity index (χ0n) is 11.6. The predicted molar refractivity (Wildman–Crippen MR) is 80.9 cm³/mol. The summed E-state index contributed by atoms with van der Waals surface area (Å²) in [5.74, 6) is 0.225. The van der Waals surface area contributed by atoms with Crippen LogP contribution in [0.4, 0.5) is 13.2 Å². The number of rotatable bonds is 2. The summed E-state index contributed by atoms with van der Waals surface area (Å²) in [6, 6.07) is 3.79. The van der Waals surface area contributed by atoms with Gasteiger partial charge >= 0.3 is 6.18 Å². The molecule has 0 aliphatic carbocycles. The number of halogens is 3. The number of aryl methyl sites for hydroxylation is 2. The molecule has 0 aromatic carbocycles. The van der Waals surface area contributed by atoms with Crippen LogP contribution in [0.25, 0.3) is 21.4 Å². The van der Waals surface area contributed by atoms with Crippen LogP contribution in [0.2, 0.25) is 0 Å². The van der Waals surface area contributed by atoms with Gasteiger partial charge in [0.25, 0.3) is 0 Å². The Kier molecular flexibility index (Phi) is 3.73. The fourth-order valence-electron chi connectivity index (χ4n) is 1.92. The SMILES string of the molecule is Cc1cc(-c2sccc2C)nc(-c2nc(C(F)(F)F)cs2)n1. The Bertz CT molecular complexity index is 821. The van der Waals surface area contributed by atoms with Gasteiger partial charge in [0.05, 0.1) is 10.6 Å². The Balaban J connectivity index is 2.07. The van der Waals surface area contributed by atoms with Gasteiger partial charge in [-0.3, -0.25) is 0 Å². The summed E-state index contributed by atoms with van der Waals surface area (Å²) >= 11 is 2.43. The lowest BCUT2D eigenvalue weighted by atomic mass is 10.2. The number of thiazole rings is 1. The molecule has 0 saturated heterocycles. The molecule has 0 fully saturated rings. The summed E-state index contributed by atoms with van der Waals surface area (Å²) in [5, 5.41) is 3.11. The quantitative estimate of drug-likeness (QED) is 0.661. The molecule has 0 bridgehead atoms. The van der Waals surface area contributed by atoms with Gasteiger partial charge in [-0.2, -0.15) is 13.2 Å². The lowest BCUT2D eigenvalue weighted by Crippen LogP contribution is -2.05. The third kappa shape index (κ3) is 2.89. The molecule has 3 aromatic heterocycles. The van der Waals surface area contributed by atoms with Crippen molar-refractivity contribution >= 4 is 22.7 Å². The van der Waals surface area contributed by atoms with E-state index in [2.05, 4.69) is 15.0 Å². The second-order valence-electron chi connectivity index (χ2n) is 4.69. The predicted octanol–water partition coefficient (Wildman–Crippen LogP) is 4.96. The third-order valence-corrected chi connectivity index (χ3v) is 4.81. The van der Waals surface area contributed by atoms with Crippen LogP contribution in [0.3, 0.4) is 0 Å². The first-order valence-electron chi connectivity index (χ1n) is 6.28. The topological polar surface area (TPSA) is 38.7 Å². The summed E-state index contributed by atoms with van der Waals surface area (Å²) in [5.41, 5.74) is 1.56. The number of hydrogen-bond donors (Lipinski definition) is 0. The van der Waals surface area contributed by atoms with Gasteiger partial charge in [-0.05, 0) is 36.9 Å². The molecule has 3 nitrogen and oxygen atoms in total. The lowest BCUT2D eigenvalue weighted by molar-refractivity contribution is -0.140. The first-order chi connectivity index (χ1) is 10.3. The van der Waals surface area contributed by atoms with Gasteiger partial charge in [0.2, 0.25) is 0 Å². The Morgan fingerprint density at radius 3 is 2.41 bits per heavy atom. The highest BCUT2D eigenvalue weighted by molar-refractivity contribution is 7.13. The highest BCUT2D eigenvalue weighted by Gasteiger charge is 2.34. The first kappa shape index (κ1) is 15.1. The van der Waals surface area contributed by atoms with E-state index >= 15 is 0 Å². The summed E-state index contributed by atoms with van der Waals surface area (Å²) in [7, 11) is 0. The van der Waals surface area contributed by atoms with Gasteiger partial charge in [-0.25, -0.2) is 15.0 Å². The molecule has 0 N–H and O–H groups in total. The molecule has 0 aliphatic heterocycles. The van der Waals surface area contributed by atoms with Crippen molar-refractivity contribution in [2.75, 3.05) is 0 Å². The van der Waals surface area contributed by atoms with Crippen molar-refractivity contribution < 1.29 is 13.2 Å². The summed E-state index contributed by atoms with van der Waals surface area (Å²) in [6.45, 7) is 3.75. The molecule has 0 radical (unpaired) electrons. The highest BCUT2D eigenvalue weighted by Crippen LogP contribution is 2.34. The molecular weight excluding hydrogens is 331 g/mol. The van der Waals surface area contributed by atoms with E-state index in [1.165, 1.54) is 11.3 Å². The van der Waals surface area contributed by atoms with E-state index in [0.29, 0.717) is 11.4 Å². The Labute approximate surface area is 132 Å². The van der Waals surface area contributed by atoms with Crippen molar-refractivity contribution in [1.82, 2.24) is 15.0 Å². The number of aromatic nitrogens is 3. The molecule has 3 aromatic rings. The van der Waals surface area contributed by atoms with Crippen molar-refractivity contribution in [1.29, 1.82) is 0 Å². The van der Waals surface area contributed by atoms with Crippen molar-refractivity contribution in [3.63, 3.8) is 0 Å². The minimum atomic E-state index is -4.45. The maximum atomic E-state index is 12.7. The minimum absolute atomic E-state index is 0.173. The van der Waals surface area contributed by atoms with Crippen molar-refractivity contribution in [3.8, 4) is 21.4 Å². The van der Waals surface area contributed by atoms with Gasteiger partial charge in [0.1, 0.15) is 0 Å². The highest BCUT2D eigenvalue weighted by atomic mass is 32.1. The van der Waals surface area contributed by atoms with E-state index < -0.39 is 11.9 Å². The standard InChI is InChI=1S/C14H10F3N3S2/c1-7-3-4-21-11(7)9-5-8(2)18-12(19-9)13-20-10(6-22-13)14(15,16)17/h3-6H,1-2H3. The second-order valence-corrected chi connectivity index (χ2v) is 6.46. The Morgan fingerprint density at radius 2 is 1.82 bits per heavy atom. The molecule has 3 rings (SSSR count). The average Bonchev–Trinajstić information content (AvgIpc) is 3.05. The summed E-state index contributed by atoms with van der Waals surface area (Å²) in [6.07, 6.45) is -4.45. The smallest absolute Gasteiger partial charge is 0.231 e. The fourth-order valence-corrected chi connectivity index (χ4v) is 3.57. The van der Waals surface area contributed by atoms with Crippen LogP contribution in [0.1, 0.15) is 17.0 Å². The van der Waals surface area contributed by atoms with Crippen LogP contribution in [-0.2, 0) is 6.18 Å². The molecule has 22 heavy (non-hydrogen) atoms.